The average molecular weight is 367 g/mol. The first-order valence-electron chi connectivity index (χ1n) is 9.05. The highest BCUT2D eigenvalue weighted by molar-refractivity contribution is 5.91. The average Bonchev–Trinajstić information content (AvgIpc) is 2.98. The van der Waals surface area contributed by atoms with E-state index < -0.39 is 5.76 Å². The number of hydrogen-bond acceptors (Lipinski definition) is 6. The molecule has 4 rings (SSSR count). The predicted octanol–water partition coefficient (Wildman–Crippen LogP) is 2.26. The zero-order valence-electron chi connectivity index (χ0n) is 15.1. The minimum absolute atomic E-state index is 0.137. The summed E-state index contributed by atoms with van der Waals surface area (Å²) < 4.78 is 6.44. The van der Waals surface area contributed by atoms with Crippen LogP contribution in [0, 0.1) is 5.92 Å². The number of para-hydroxylation sites is 2. The van der Waals surface area contributed by atoms with Gasteiger partial charge in [0.15, 0.2) is 5.58 Å². The Balaban J connectivity index is 1.42. The first kappa shape index (κ1) is 17.3. The summed E-state index contributed by atoms with van der Waals surface area (Å²) in [4.78, 5) is 35.1. The summed E-state index contributed by atoms with van der Waals surface area (Å²) in [5.41, 5.74) is 1.54. The summed E-state index contributed by atoms with van der Waals surface area (Å²) in [7, 11) is 0. The second kappa shape index (κ2) is 7.22. The van der Waals surface area contributed by atoms with E-state index in [0.29, 0.717) is 22.7 Å². The maximum absolute atomic E-state index is 12.3. The fourth-order valence-corrected chi connectivity index (χ4v) is 3.27. The number of oxazole rings is 1. The van der Waals surface area contributed by atoms with Crippen LogP contribution >= 0.6 is 0 Å². The lowest BCUT2D eigenvalue weighted by molar-refractivity contribution is -0.116. The van der Waals surface area contributed by atoms with E-state index >= 15 is 0 Å². The van der Waals surface area contributed by atoms with E-state index in [1.54, 1.807) is 36.7 Å². The highest BCUT2D eigenvalue weighted by Gasteiger charge is 2.18. The topological polar surface area (TPSA) is 93.3 Å². The summed E-state index contributed by atoms with van der Waals surface area (Å²) in [5.74, 6) is 0.517. The summed E-state index contributed by atoms with van der Waals surface area (Å²) in [5, 5.41) is 2.73. The van der Waals surface area contributed by atoms with Crippen LogP contribution in [-0.4, -0.2) is 33.5 Å². The standard InChI is InChI=1S/C19H21N5O3/c1-13-6-8-23(9-7-13)18-20-10-14(11-21-18)22-17(25)12-24-15-4-2-3-5-16(15)27-19(24)26/h2-5,10-11,13H,6-9,12H2,1H3,(H,22,25). The Labute approximate surface area is 155 Å². The van der Waals surface area contributed by atoms with Gasteiger partial charge in [-0.25, -0.2) is 14.8 Å². The number of carbonyl (C=O) groups is 1. The smallest absolute Gasteiger partial charge is 0.408 e. The highest BCUT2D eigenvalue weighted by atomic mass is 16.4. The van der Waals surface area contributed by atoms with Crippen LogP contribution in [0.1, 0.15) is 19.8 Å². The zero-order valence-corrected chi connectivity index (χ0v) is 15.1. The van der Waals surface area contributed by atoms with Gasteiger partial charge in [0.2, 0.25) is 11.9 Å². The van der Waals surface area contributed by atoms with Crippen LogP contribution in [0.2, 0.25) is 0 Å². The number of nitrogens with one attached hydrogen (secondary N) is 1. The van der Waals surface area contributed by atoms with Crippen LogP contribution in [0.4, 0.5) is 11.6 Å². The second-order valence-electron chi connectivity index (χ2n) is 6.91. The summed E-state index contributed by atoms with van der Waals surface area (Å²) in [6.07, 6.45) is 5.45. The Hall–Kier alpha value is -3.16. The van der Waals surface area contributed by atoms with Gasteiger partial charge < -0.3 is 14.6 Å². The van der Waals surface area contributed by atoms with Gasteiger partial charge >= 0.3 is 5.76 Å². The minimum Gasteiger partial charge on any atom is -0.408 e. The highest BCUT2D eigenvalue weighted by Crippen LogP contribution is 2.20. The van der Waals surface area contributed by atoms with Crippen molar-refractivity contribution in [3.8, 4) is 0 Å². The van der Waals surface area contributed by atoms with Gasteiger partial charge in [-0.05, 0) is 30.9 Å². The molecular weight excluding hydrogens is 346 g/mol. The fourth-order valence-electron chi connectivity index (χ4n) is 3.27. The molecule has 0 atom stereocenters. The predicted molar refractivity (Wildman–Crippen MR) is 102 cm³/mol. The fraction of sp³-hybridized carbons (Fsp3) is 0.368. The molecular formula is C19H21N5O3. The van der Waals surface area contributed by atoms with Crippen molar-refractivity contribution < 1.29 is 9.21 Å². The number of benzene rings is 1. The van der Waals surface area contributed by atoms with Crippen LogP contribution < -0.4 is 16.0 Å². The van der Waals surface area contributed by atoms with Gasteiger partial charge in [-0.3, -0.25) is 9.36 Å². The van der Waals surface area contributed by atoms with Crippen LogP contribution in [0.25, 0.3) is 11.1 Å². The van der Waals surface area contributed by atoms with Gasteiger partial charge in [-0.2, -0.15) is 0 Å². The van der Waals surface area contributed by atoms with E-state index in [-0.39, 0.29) is 12.5 Å². The molecule has 1 fully saturated rings. The Morgan fingerprint density at radius 1 is 1.22 bits per heavy atom. The summed E-state index contributed by atoms with van der Waals surface area (Å²) >= 11 is 0. The third-order valence-electron chi connectivity index (χ3n) is 4.86. The van der Waals surface area contributed by atoms with Gasteiger partial charge in [0.25, 0.3) is 0 Å². The molecule has 8 heteroatoms. The van der Waals surface area contributed by atoms with Gasteiger partial charge in [-0.1, -0.05) is 19.1 Å². The number of hydrogen-bond donors (Lipinski definition) is 1. The van der Waals surface area contributed by atoms with Gasteiger partial charge in [0.05, 0.1) is 23.6 Å². The number of piperidine rings is 1. The number of nitrogens with zero attached hydrogens (tertiary/aromatic N) is 4. The molecule has 140 valence electrons. The van der Waals surface area contributed by atoms with Gasteiger partial charge in [0, 0.05) is 13.1 Å². The minimum atomic E-state index is -0.558. The number of carbonyl (C=O) groups excluding carboxylic acids is 1. The normalized spacial score (nSPS) is 15.2. The summed E-state index contributed by atoms with van der Waals surface area (Å²) in [6.45, 7) is 4.01. The van der Waals surface area contributed by atoms with Crippen molar-refractivity contribution in [3.05, 3.63) is 47.2 Å². The maximum Gasteiger partial charge on any atom is 0.420 e. The molecule has 0 bridgehead atoms. The second-order valence-corrected chi connectivity index (χ2v) is 6.91. The molecule has 1 amide bonds. The van der Waals surface area contributed by atoms with Crippen LogP contribution in [0.15, 0.2) is 45.9 Å². The Morgan fingerprint density at radius 3 is 2.67 bits per heavy atom. The van der Waals surface area contributed by atoms with Gasteiger partial charge in [0.1, 0.15) is 6.54 Å². The molecule has 1 N–H and O–H groups in total. The number of anilines is 2. The third kappa shape index (κ3) is 3.69. The van der Waals surface area contributed by atoms with Crippen LogP contribution in [-0.2, 0) is 11.3 Å². The lowest BCUT2D eigenvalue weighted by Crippen LogP contribution is -2.34. The molecule has 2 aromatic heterocycles. The third-order valence-corrected chi connectivity index (χ3v) is 4.86. The van der Waals surface area contributed by atoms with Crippen molar-refractivity contribution in [3.63, 3.8) is 0 Å². The number of aromatic nitrogens is 3. The van der Waals surface area contributed by atoms with E-state index in [2.05, 4.69) is 27.1 Å². The molecule has 1 aliphatic heterocycles. The van der Waals surface area contributed by atoms with Crippen molar-refractivity contribution in [2.45, 2.75) is 26.3 Å². The van der Waals surface area contributed by atoms with E-state index in [0.717, 1.165) is 31.8 Å². The molecule has 0 spiro atoms. The number of amides is 1. The monoisotopic (exact) mass is 367 g/mol. The molecule has 8 nitrogen and oxygen atoms in total. The molecule has 1 aromatic carbocycles. The molecule has 3 heterocycles. The molecule has 0 saturated carbocycles. The number of fused-ring (bicyclic) bond motifs is 1. The molecule has 0 unspecified atom stereocenters. The Kier molecular flexibility index (Phi) is 4.62. The van der Waals surface area contributed by atoms with Crippen LogP contribution in [0.3, 0.4) is 0 Å². The molecule has 0 radical (unpaired) electrons. The van der Waals surface area contributed by atoms with Crippen molar-refractivity contribution in [2.75, 3.05) is 23.3 Å². The largest absolute Gasteiger partial charge is 0.420 e. The van der Waals surface area contributed by atoms with Crippen molar-refractivity contribution in [1.82, 2.24) is 14.5 Å². The zero-order chi connectivity index (χ0) is 18.8. The van der Waals surface area contributed by atoms with E-state index in [9.17, 15) is 9.59 Å². The molecule has 1 aliphatic rings. The number of rotatable bonds is 4. The Bertz CT molecular complexity index is 1000. The lowest BCUT2D eigenvalue weighted by Gasteiger charge is -2.30. The van der Waals surface area contributed by atoms with Gasteiger partial charge in [-0.15, -0.1) is 0 Å². The SMILES string of the molecule is CC1CCN(c2ncc(NC(=O)Cn3c(=O)oc4ccccc43)cn2)CC1. The first-order valence-corrected chi connectivity index (χ1v) is 9.05. The molecule has 0 aliphatic carbocycles. The quantitative estimate of drug-likeness (QED) is 0.760. The molecule has 1 saturated heterocycles. The molecule has 27 heavy (non-hydrogen) atoms. The Morgan fingerprint density at radius 2 is 1.93 bits per heavy atom. The molecule has 3 aromatic rings. The summed E-state index contributed by atoms with van der Waals surface area (Å²) in [6, 6.07) is 7.00. The first-order chi connectivity index (χ1) is 13.1. The van der Waals surface area contributed by atoms with Crippen LogP contribution in [0.5, 0.6) is 0 Å². The van der Waals surface area contributed by atoms with Crippen molar-refractivity contribution in [1.29, 1.82) is 0 Å². The van der Waals surface area contributed by atoms with E-state index in [1.807, 2.05) is 0 Å². The maximum atomic E-state index is 12.3. The van der Waals surface area contributed by atoms with E-state index in [1.165, 1.54) is 4.57 Å². The lowest BCUT2D eigenvalue weighted by atomic mass is 10.00. The van der Waals surface area contributed by atoms with Crippen molar-refractivity contribution in [2.24, 2.45) is 5.92 Å². The van der Waals surface area contributed by atoms with E-state index in [4.69, 9.17) is 4.42 Å². The van der Waals surface area contributed by atoms with Crippen molar-refractivity contribution >= 4 is 28.6 Å².